The van der Waals surface area contributed by atoms with Crippen molar-refractivity contribution in [1.82, 2.24) is 9.21 Å². The molecule has 0 radical (unpaired) electrons. The molecule has 1 N–H and O–H groups in total. The molecule has 1 fully saturated rings. The Labute approximate surface area is 151 Å². The van der Waals surface area contributed by atoms with E-state index in [4.69, 9.17) is 0 Å². The molecular formula is C18H30N3O3S+. The fourth-order valence-corrected chi connectivity index (χ4v) is 4.72. The number of sulfonamides is 1. The molecule has 25 heavy (non-hydrogen) atoms. The summed E-state index contributed by atoms with van der Waals surface area (Å²) in [5.74, 6) is 0.107. The third kappa shape index (κ3) is 4.59. The molecule has 1 saturated heterocycles. The third-order valence-corrected chi connectivity index (χ3v) is 7.01. The van der Waals surface area contributed by atoms with Gasteiger partial charge in [-0.25, -0.2) is 8.42 Å². The highest BCUT2D eigenvalue weighted by Gasteiger charge is 2.32. The Bertz CT molecular complexity index is 723. The van der Waals surface area contributed by atoms with Gasteiger partial charge in [-0.1, -0.05) is 17.7 Å². The molecule has 1 heterocycles. The molecule has 7 heteroatoms. The van der Waals surface area contributed by atoms with Crippen LogP contribution in [-0.2, 0) is 14.8 Å². The van der Waals surface area contributed by atoms with E-state index in [1.54, 1.807) is 15.3 Å². The van der Waals surface area contributed by atoms with E-state index in [2.05, 4.69) is 0 Å². The molecule has 0 aliphatic carbocycles. The van der Waals surface area contributed by atoms with Gasteiger partial charge in [-0.05, 0) is 39.3 Å². The first-order valence-electron chi connectivity index (χ1n) is 8.79. The highest BCUT2D eigenvalue weighted by atomic mass is 32.2. The van der Waals surface area contributed by atoms with E-state index in [-0.39, 0.29) is 11.9 Å². The van der Waals surface area contributed by atoms with E-state index in [1.807, 2.05) is 46.9 Å². The van der Waals surface area contributed by atoms with E-state index in [0.29, 0.717) is 37.6 Å². The Hall–Kier alpha value is -1.44. The Morgan fingerprint density at radius 1 is 1.24 bits per heavy atom. The van der Waals surface area contributed by atoms with Crippen molar-refractivity contribution in [3.8, 4) is 0 Å². The summed E-state index contributed by atoms with van der Waals surface area (Å²) in [7, 11) is -1.65. The van der Waals surface area contributed by atoms with Crippen molar-refractivity contribution in [3.05, 3.63) is 29.3 Å². The van der Waals surface area contributed by atoms with Crippen LogP contribution in [0, 0.1) is 13.8 Å². The van der Waals surface area contributed by atoms with Crippen LogP contribution < -0.4 is 4.90 Å². The van der Waals surface area contributed by atoms with Gasteiger partial charge in [-0.3, -0.25) is 4.79 Å². The van der Waals surface area contributed by atoms with Gasteiger partial charge < -0.3 is 9.80 Å². The molecule has 1 aliphatic rings. The molecule has 0 saturated carbocycles. The third-order valence-electron chi connectivity index (χ3n) is 4.95. The van der Waals surface area contributed by atoms with Crippen LogP contribution in [0.2, 0.25) is 0 Å². The largest absolute Gasteiger partial charge is 0.338 e. The molecule has 1 aromatic carbocycles. The average Bonchev–Trinajstić information content (AvgIpc) is 2.54. The van der Waals surface area contributed by atoms with Gasteiger partial charge in [0.15, 0.2) is 6.54 Å². The molecule has 0 unspecified atom stereocenters. The lowest BCUT2D eigenvalue weighted by Crippen LogP contribution is -3.15. The van der Waals surface area contributed by atoms with Crippen molar-refractivity contribution in [3.63, 3.8) is 0 Å². The van der Waals surface area contributed by atoms with E-state index in [9.17, 15) is 13.2 Å². The number of quaternary nitrogens is 1. The molecule has 6 nitrogen and oxygen atoms in total. The van der Waals surface area contributed by atoms with Crippen LogP contribution in [0.5, 0.6) is 0 Å². The first-order valence-corrected chi connectivity index (χ1v) is 10.2. The van der Waals surface area contributed by atoms with Gasteiger partial charge >= 0.3 is 0 Å². The molecule has 1 aromatic rings. The zero-order valence-corrected chi connectivity index (χ0v) is 16.7. The van der Waals surface area contributed by atoms with Crippen LogP contribution in [0.1, 0.15) is 25.0 Å². The minimum absolute atomic E-state index is 0.107. The Kier molecular flexibility index (Phi) is 6.24. The maximum absolute atomic E-state index is 12.9. The number of carbonyl (C=O) groups is 1. The second-order valence-electron chi connectivity index (χ2n) is 7.20. The smallest absolute Gasteiger partial charge is 0.277 e. The zero-order chi connectivity index (χ0) is 18.8. The van der Waals surface area contributed by atoms with Gasteiger partial charge in [0.2, 0.25) is 10.0 Å². The molecule has 140 valence electrons. The topological polar surface area (TPSA) is 62.1 Å². The predicted molar refractivity (Wildman–Crippen MR) is 98.1 cm³/mol. The van der Waals surface area contributed by atoms with Crippen molar-refractivity contribution < 1.29 is 18.1 Å². The maximum atomic E-state index is 12.9. The van der Waals surface area contributed by atoms with E-state index >= 15 is 0 Å². The van der Waals surface area contributed by atoms with Gasteiger partial charge in [0.05, 0.1) is 31.1 Å². The summed E-state index contributed by atoms with van der Waals surface area (Å²) in [6.07, 6.45) is 0. The Morgan fingerprint density at radius 2 is 1.84 bits per heavy atom. The standard InChI is InChI=1S/C18H29N3O3S/c1-14(2)19(5)18(22)13-20-8-10-21(11-9-20)25(23,24)17-7-6-15(3)12-16(17)4/h6-7,12,14H,8-11,13H2,1-5H3/p+1. The zero-order valence-electron chi connectivity index (χ0n) is 15.9. The minimum Gasteiger partial charge on any atom is -0.338 e. The highest BCUT2D eigenvalue weighted by Crippen LogP contribution is 2.20. The number of aryl methyl sites for hydroxylation is 2. The summed E-state index contributed by atoms with van der Waals surface area (Å²) < 4.78 is 27.3. The molecule has 0 bridgehead atoms. The lowest BCUT2D eigenvalue weighted by Gasteiger charge is -2.32. The Morgan fingerprint density at radius 3 is 2.36 bits per heavy atom. The lowest BCUT2D eigenvalue weighted by atomic mass is 10.2. The fourth-order valence-electron chi connectivity index (χ4n) is 3.07. The van der Waals surface area contributed by atoms with Crippen molar-refractivity contribution in [2.45, 2.75) is 38.6 Å². The monoisotopic (exact) mass is 368 g/mol. The van der Waals surface area contributed by atoms with Crippen LogP contribution in [0.25, 0.3) is 0 Å². The van der Waals surface area contributed by atoms with Crippen molar-refractivity contribution >= 4 is 15.9 Å². The Balaban J connectivity index is 2.00. The van der Waals surface area contributed by atoms with E-state index in [1.165, 1.54) is 0 Å². The first-order chi connectivity index (χ1) is 11.6. The maximum Gasteiger partial charge on any atom is 0.277 e. The molecule has 1 aliphatic heterocycles. The van der Waals surface area contributed by atoms with Gasteiger partial charge in [-0.15, -0.1) is 0 Å². The van der Waals surface area contributed by atoms with Crippen LogP contribution >= 0.6 is 0 Å². The van der Waals surface area contributed by atoms with E-state index < -0.39 is 10.0 Å². The van der Waals surface area contributed by atoms with Crippen LogP contribution in [-0.4, -0.2) is 69.3 Å². The minimum atomic E-state index is -3.47. The molecule has 2 rings (SSSR count). The number of rotatable bonds is 5. The average molecular weight is 369 g/mol. The molecule has 0 atom stereocenters. The first kappa shape index (κ1) is 19.9. The molecule has 1 amide bonds. The summed E-state index contributed by atoms with van der Waals surface area (Å²) >= 11 is 0. The normalized spacial score (nSPS) is 17.0. The van der Waals surface area contributed by atoms with Crippen molar-refractivity contribution in [2.24, 2.45) is 0 Å². The van der Waals surface area contributed by atoms with Gasteiger partial charge in [0.1, 0.15) is 0 Å². The summed E-state index contributed by atoms with van der Waals surface area (Å²) in [6.45, 7) is 10.4. The lowest BCUT2D eigenvalue weighted by molar-refractivity contribution is -0.896. The summed E-state index contributed by atoms with van der Waals surface area (Å²) in [6, 6.07) is 5.61. The number of carbonyl (C=O) groups excluding carboxylic acids is 1. The molecular weight excluding hydrogens is 338 g/mol. The van der Waals surface area contributed by atoms with Gasteiger partial charge in [0, 0.05) is 13.1 Å². The SMILES string of the molecule is Cc1ccc(S(=O)(=O)N2CC[NH+](CC(=O)N(C)C(C)C)CC2)c(C)c1. The van der Waals surface area contributed by atoms with Gasteiger partial charge in [-0.2, -0.15) is 4.31 Å². The van der Waals surface area contributed by atoms with E-state index in [0.717, 1.165) is 16.0 Å². The second kappa shape index (κ2) is 7.85. The van der Waals surface area contributed by atoms with Crippen LogP contribution in [0.3, 0.4) is 0 Å². The number of nitrogens with zero attached hydrogens (tertiary/aromatic N) is 2. The van der Waals surface area contributed by atoms with Crippen LogP contribution in [0.4, 0.5) is 0 Å². The van der Waals surface area contributed by atoms with Crippen molar-refractivity contribution in [1.29, 1.82) is 0 Å². The number of amides is 1. The van der Waals surface area contributed by atoms with Crippen molar-refractivity contribution in [2.75, 3.05) is 39.8 Å². The highest BCUT2D eigenvalue weighted by molar-refractivity contribution is 7.89. The number of benzene rings is 1. The number of nitrogens with one attached hydrogen (secondary N) is 1. The fraction of sp³-hybridized carbons (Fsp3) is 0.611. The molecule has 0 aromatic heterocycles. The summed E-state index contributed by atoms with van der Waals surface area (Å²) in [5, 5.41) is 0. The number of piperazine rings is 1. The number of likely N-dealkylation sites (N-methyl/N-ethyl adjacent to an activating group) is 1. The quantitative estimate of drug-likeness (QED) is 0.799. The molecule has 0 spiro atoms. The van der Waals surface area contributed by atoms with Crippen LogP contribution in [0.15, 0.2) is 23.1 Å². The second-order valence-corrected chi connectivity index (χ2v) is 9.10. The number of hydrogen-bond acceptors (Lipinski definition) is 3. The van der Waals surface area contributed by atoms with Gasteiger partial charge in [0.25, 0.3) is 5.91 Å². The summed E-state index contributed by atoms with van der Waals surface area (Å²) in [4.78, 5) is 15.5. The summed E-state index contributed by atoms with van der Waals surface area (Å²) in [5.41, 5.74) is 1.84. The number of hydrogen-bond donors (Lipinski definition) is 1. The predicted octanol–water partition coefficient (Wildman–Crippen LogP) is 0.0594.